The van der Waals surface area contributed by atoms with Crippen LogP contribution >= 0.6 is 15.9 Å². The summed E-state index contributed by atoms with van der Waals surface area (Å²) < 4.78 is 79.1. The predicted octanol–water partition coefficient (Wildman–Crippen LogP) is 12.0. The van der Waals surface area contributed by atoms with E-state index >= 15 is 0 Å². The lowest BCUT2D eigenvalue weighted by atomic mass is 9.80. The van der Waals surface area contributed by atoms with Gasteiger partial charge in [0.25, 0.3) is 10.0 Å². The molecule has 19 heteroatoms. The average Bonchev–Trinajstić information content (AvgIpc) is 3.32. The Morgan fingerprint density at radius 3 is 2.19 bits per heavy atom. The molecule has 5 N–H and O–H groups in total. The van der Waals surface area contributed by atoms with E-state index in [1.807, 2.05) is 58.0 Å². The monoisotopic (exact) mass is 1040 g/mol. The van der Waals surface area contributed by atoms with Crippen LogP contribution in [0, 0.1) is 36.5 Å². The minimum absolute atomic E-state index is 0.0421. The van der Waals surface area contributed by atoms with Gasteiger partial charge >= 0.3 is 12.1 Å². The Morgan fingerprint density at radius 1 is 0.914 bits per heavy atom. The number of nitriles is 2. The highest BCUT2D eigenvalue weighted by molar-refractivity contribution is 9.10. The van der Waals surface area contributed by atoms with Gasteiger partial charge in [0.15, 0.2) is 5.03 Å². The number of halogens is 4. The molecule has 0 fully saturated rings. The molecule has 14 nitrogen and oxygen atoms in total. The number of pyridine rings is 1. The Bertz CT molecular complexity index is 3070. The van der Waals surface area contributed by atoms with E-state index in [-0.39, 0.29) is 41.1 Å². The second-order valence-electron chi connectivity index (χ2n) is 16.4. The molecule has 2 aromatic heterocycles. The van der Waals surface area contributed by atoms with Gasteiger partial charge in [-0.05, 0) is 138 Å². The van der Waals surface area contributed by atoms with Gasteiger partial charge in [0.1, 0.15) is 27.4 Å². The van der Waals surface area contributed by atoms with E-state index in [4.69, 9.17) is 25.7 Å². The van der Waals surface area contributed by atoms with Crippen molar-refractivity contribution >= 4 is 55.1 Å². The molecule has 3 heterocycles. The lowest BCUT2D eigenvalue weighted by molar-refractivity contribution is -0.161. The summed E-state index contributed by atoms with van der Waals surface area (Å²) in [7, 11) is -4.30. The van der Waals surface area contributed by atoms with Crippen LogP contribution in [-0.4, -0.2) is 40.0 Å². The number of nitrogen functional groups attached to an aromatic ring is 1. The largest absolute Gasteiger partial charge is 0.512 e. The number of carbonyl (C=O) groups is 1. The highest BCUT2D eigenvalue weighted by atomic mass is 79.9. The van der Waals surface area contributed by atoms with E-state index in [2.05, 4.69) is 53.1 Å². The summed E-state index contributed by atoms with van der Waals surface area (Å²) in [6, 6.07) is 32.1. The number of carbonyl (C=O) groups excluding carboxylic acids is 1. The van der Waals surface area contributed by atoms with Crippen LogP contribution in [0.25, 0.3) is 0 Å². The Hall–Kier alpha value is -7.48. The third-order valence-corrected chi connectivity index (χ3v) is 13.3. The van der Waals surface area contributed by atoms with Crippen molar-refractivity contribution in [2.75, 3.05) is 15.8 Å². The Labute approximate surface area is 412 Å². The lowest BCUT2D eigenvalue weighted by Crippen LogP contribution is -2.41. The number of aromatic nitrogens is 3. The summed E-state index contributed by atoms with van der Waals surface area (Å²) in [5.74, 6) is 0.0858. The highest BCUT2D eigenvalue weighted by Crippen LogP contribution is 2.43. The lowest BCUT2D eigenvalue weighted by Gasteiger charge is -2.38. The maximum atomic E-state index is 13.4. The van der Waals surface area contributed by atoms with E-state index in [0.29, 0.717) is 70.5 Å². The number of nitrogens with two attached hydrogens (primary N) is 1. The van der Waals surface area contributed by atoms with Gasteiger partial charge in [0, 0.05) is 29.9 Å². The molecule has 0 amide bonds. The van der Waals surface area contributed by atoms with Gasteiger partial charge < -0.3 is 25.6 Å². The minimum Gasteiger partial charge on any atom is -0.512 e. The van der Waals surface area contributed by atoms with Gasteiger partial charge in [-0.25, -0.2) is 9.78 Å². The number of sulfonamides is 1. The second-order valence-corrected chi connectivity index (χ2v) is 18.9. The number of aliphatic hydroxyl groups is 1. The van der Waals surface area contributed by atoms with Crippen molar-refractivity contribution in [2.45, 2.75) is 88.9 Å². The Balaban J connectivity index is 0.000000249. The molecule has 0 aliphatic carbocycles. The number of hydrogen-bond acceptors (Lipinski definition) is 13. The van der Waals surface area contributed by atoms with E-state index < -0.39 is 44.3 Å². The van der Waals surface area contributed by atoms with Gasteiger partial charge in [-0.3, -0.25) is 4.72 Å². The fourth-order valence-electron chi connectivity index (χ4n) is 7.96. The number of cyclic esters (lactones) is 1. The van der Waals surface area contributed by atoms with Crippen molar-refractivity contribution in [3.8, 4) is 23.8 Å². The summed E-state index contributed by atoms with van der Waals surface area (Å²) in [6.45, 7) is 7.55. The summed E-state index contributed by atoms with van der Waals surface area (Å²) >= 11 is 3.36. The molecule has 0 radical (unpaired) electrons. The molecule has 0 saturated heterocycles. The maximum absolute atomic E-state index is 13.4. The van der Waals surface area contributed by atoms with Crippen LogP contribution in [0.5, 0.6) is 11.6 Å². The molecular formula is C51H48BrF3N8O6S. The van der Waals surface area contributed by atoms with Crippen molar-refractivity contribution in [1.82, 2.24) is 15.0 Å². The number of alkyl halides is 3. The summed E-state index contributed by atoms with van der Waals surface area (Å²) in [5.41, 5.74) is 9.45. The molecule has 7 rings (SSSR count). The normalized spacial score (nSPS) is 15.1. The van der Waals surface area contributed by atoms with Crippen molar-refractivity contribution in [3.05, 3.63) is 164 Å². The van der Waals surface area contributed by atoms with Gasteiger partial charge in [-0.1, -0.05) is 62.7 Å². The van der Waals surface area contributed by atoms with Crippen LogP contribution in [-0.2, 0) is 32.2 Å². The molecule has 4 aromatic carbocycles. The van der Waals surface area contributed by atoms with Gasteiger partial charge in [0.05, 0.1) is 34.4 Å². The molecule has 1 aliphatic rings. The zero-order chi connectivity index (χ0) is 50.8. The first-order chi connectivity index (χ1) is 33.3. The number of aliphatic hydroxyl groups excluding tert-OH is 1. The van der Waals surface area contributed by atoms with Crippen LogP contribution in [0.3, 0.4) is 0 Å². The second kappa shape index (κ2) is 22.3. The maximum Gasteiger partial charge on any atom is 0.417 e. The van der Waals surface area contributed by atoms with Crippen molar-refractivity contribution in [3.63, 3.8) is 0 Å². The first-order valence-electron chi connectivity index (χ1n) is 21.9. The van der Waals surface area contributed by atoms with E-state index in [0.717, 1.165) is 29.2 Å². The molecule has 2 atom stereocenters. The minimum atomic E-state index is -4.65. The topological polar surface area (TPSA) is 226 Å². The summed E-state index contributed by atoms with van der Waals surface area (Å²) in [5, 5.41) is 31.7. The number of nitrogens with zero attached hydrogens (tertiary/aromatic N) is 5. The van der Waals surface area contributed by atoms with Crippen molar-refractivity contribution in [1.29, 1.82) is 10.5 Å². The number of anilines is 4. The third-order valence-electron chi connectivity index (χ3n) is 11.3. The third kappa shape index (κ3) is 12.8. The van der Waals surface area contributed by atoms with E-state index in [9.17, 15) is 31.5 Å². The van der Waals surface area contributed by atoms with Crippen LogP contribution in [0.15, 0.2) is 130 Å². The van der Waals surface area contributed by atoms with E-state index in [1.165, 1.54) is 12.1 Å². The van der Waals surface area contributed by atoms with Crippen molar-refractivity contribution < 1.29 is 41.0 Å². The van der Waals surface area contributed by atoms with Crippen LogP contribution in [0.1, 0.15) is 90.8 Å². The molecule has 362 valence electrons. The molecule has 6 aromatic rings. The van der Waals surface area contributed by atoms with Crippen molar-refractivity contribution in [2.24, 2.45) is 0 Å². The number of aryl methyl sites for hydroxylation is 3. The SMILES string of the molecule is CCC[C@@]1(CCc2ccccc2)CC(O)=C([C@H](CC)c2cccc(NS(=O)(=O)c3ccc(C(F)(F)F)cn3)c2)C(=O)O1.Cc1cc(C#N)cc(C)c1Oc1nc(Nc2ccc(C#N)cc2)nc(N)c1Br. The quantitative estimate of drug-likeness (QED) is 0.0703. The Kier molecular flexibility index (Phi) is 16.5. The molecule has 0 saturated carbocycles. The number of ether oxygens (including phenoxy) is 2. The number of esters is 1. The van der Waals surface area contributed by atoms with Crippen LogP contribution in [0.4, 0.5) is 36.3 Å². The van der Waals surface area contributed by atoms with Gasteiger partial charge in [-0.2, -0.15) is 42.1 Å². The molecule has 1 aliphatic heterocycles. The highest BCUT2D eigenvalue weighted by Gasteiger charge is 2.43. The standard InChI is InChI=1S/C31H33F3N2O5S.C20H15BrN6O/c1-3-16-30(17-15-21-9-6-5-7-10-21)19-26(37)28(29(38)41-30)25(4-2)22-11-8-12-24(18-22)36-42(39,40)27-14-13-23(20-35-27)31(32,33)34;1-11-7-14(10-23)8-12(2)17(11)28-19-16(21)18(24)26-20(27-19)25-15-5-3-13(9-22)4-6-15/h5-14,18,20,25,36-37H,3-4,15-17,19H2,1-2H3;3-8H,1-2H3,(H3,24,25,26,27)/t25-,30-;/m1./s1. The van der Waals surface area contributed by atoms with Crippen LogP contribution in [0.2, 0.25) is 0 Å². The summed E-state index contributed by atoms with van der Waals surface area (Å²) in [6.07, 6.45) is -1.00. The first kappa shape index (κ1) is 51.9. The summed E-state index contributed by atoms with van der Waals surface area (Å²) in [4.78, 5) is 25.5. The smallest absolute Gasteiger partial charge is 0.417 e. The van der Waals surface area contributed by atoms with Gasteiger partial charge in [0.2, 0.25) is 11.8 Å². The number of benzene rings is 4. The van der Waals surface area contributed by atoms with E-state index in [1.54, 1.807) is 48.5 Å². The zero-order valence-corrected chi connectivity index (χ0v) is 40.8. The van der Waals surface area contributed by atoms with Gasteiger partial charge in [-0.15, -0.1) is 0 Å². The molecular weight excluding hydrogens is 990 g/mol. The predicted molar refractivity (Wildman–Crippen MR) is 262 cm³/mol. The zero-order valence-electron chi connectivity index (χ0n) is 38.4. The first-order valence-corrected chi connectivity index (χ1v) is 24.2. The number of nitrogens with one attached hydrogen (secondary N) is 2. The molecule has 0 unspecified atom stereocenters. The Morgan fingerprint density at radius 2 is 1.60 bits per heavy atom. The number of hydrogen-bond donors (Lipinski definition) is 4. The fourth-order valence-corrected chi connectivity index (χ4v) is 9.20. The fraction of sp³-hybridized carbons (Fsp3) is 0.255. The molecule has 0 bridgehead atoms. The van der Waals surface area contributed by atoms with Crippen LogP contribution < -0.4 is 20.5 Å². The molecule has 70 heavy (non-hydrogen) atoms. The average molecular weight is 1040 g/mol. The number of rotatable bonds is 15. The molecule has 0 spiro atoms.